The van der Waals surface area contributed by atoms with E-state index in [4.69, 9.17) is 0 Å². The molecule has 1 fully saturated rings. The molecule has 1 aliphatic carbocycles. The molecule has 0 spiro atoms. The first-order valence-electron chi connectivity index (χ1n) is 12.7. The van der Waals surface area contributed by atoms with Crippen LogP contribution in [0.15, 0.2) is 61.2 Å². The quantitative estimate of drug-likeness (QED) is 0.511. The molecule has 1 unspecified atom stereocenters. The molecule has 7 nitrogen and oxygen atoms in total. The summed E-state index contributed by atoms with van der Waals surface area (Å²) in [5.74, 6) is -0.596. The zero-order valence-electron chi connectivity index (χ0n) is 21.6. The number of rotatable bonds is 6. The summed E-state index contributed by atoms with van der Waals surface area (Å²) in [6, 6.07) is 10.7. The third-order valence-electron chi connectivity index (χ3n) is 6.77. The van der Waals surface area contributed by atoms with Crippen molar-refractivity contribution in [3.05, 3.63) is 83.7 Å². The Morgan fingerprint density at radius 2 is 1.67 bits per heavy atom. The lowest BCUT2D eigenvalue weighted by molar-refractivity contribution is -0.123. The normalized spacial score (nSPS) is 15.2. The van der Waals surface area contributed by atoms with Crippen LogP contribution in [0.2, 0.25) is 0 Å². The number of aryl methyl sites for hydroxylation is 1. The van der Waals surface area contributed by atoms with Crippen molar-refractivity contribution in [1.29, 1.82) is 0 Å². The van der Waals surface area contributed by atoms with Crippen molar-refractivity contribution < 1.29 is 9.59 Å². The number of nitrogens with one attached hydrogen (secondary N) is 1. The molecule has 2 aromatic heterocycles. The van der Waals surface area contributed by atoms with E-state index in [2.05, 4.69) is 41.0 Å². The third-order valence-corrected chi connectivity index (χ3v) is 6.77. The van der Waals surface area contributed by atoms with Crippen LogP contribution < -0.4 is 10.2 Å². The van der Waals surface area contributed by atoms with Crippen LogP contribution in [0.25, 0.3) is 0 Å². The summed E-state index contributed by atoms with van der Waals surface area (Å²) in [5, 5.41) is 3.23. The first-order chi connectivity index (χ1) is 17.3. The van der Waals surface area contributed by atoms with Gasteiger partial charge in [-0.3, -0.25) is 24.5 Å². The highest BCUT2D eigenvalue weighted by Crippen LogP contribution is 2.32. The average Bonchev–Trinajstić information content (AvgIpc) is 2.88. The Kier molecular flexibility index (Phi) is 7.77. The Labute approximate surface area is 213 Å². The molecule has 0 aliphatic heterocycles. The highest BCUT2D eigenvalue weighted by atomic mass is 16.2. The fraction of sp³-hybridized carbons (Fsp3) is 0.414. The van der Waals surface area contributed by atoms with Gasteiger partial charge in [-0.15, -0.1) is 0 Å². The van der Waals surface area contributed by atoms with Crippen LogP contribution in [-0.4, -0.2) is 32.8 Å². The Hall–Kier alpha value is -3.61. The maximum absolute atomic E-state index is 14.1. The molecule has 7 heteroatoms. The van der Waals surface area contributed by atoms with Crippen LogP contribution in [-0.2, 0) is 10.2 Å². The number of amides is 2. The zero-order valence-corrected chi connectivity index (χ0v) is 21.6. The Morgan fingerprint density at radius 3 is 2.28 bits per heavy atom. The number of pyridine rings is 1. The van der Waals surface area contributed by atoms with E-state index in [9.17, 15) is 9.59 Å². The molecule has 36 heavy (non-hydrogen) atoms. The van der Waals surface area contributed by atoms with Crippen molar-refractivity contribution in [1.82, 2.24) is 20.3 Å². The SMILES string of the molecule is Cc1nccnc1C(=O)N(c1ccc(C(C)(C)C)cc1)C(C(=O)NC1CCCCC1)c1cccnc1. The van der Waals surface area contributed by atoms with Gasteiger partial charge >= 0.3 is 0 Å². The molecule has 1 atom stereocenters. The van der Waals surface area contributed by atoms with E-state index in [1.165, 1.54) is 12.6 Å². The van der Waals surface area contributed by atoms with E-state index in [1.54, 1.807) is 36.5 Å². The first kappa shape index (κ1) is 25.5. The van der Waals surface area contributed by atoms with E-state index in [0.29, 0.717) is 16.9 Å². The number of carbonyl (C=O) groups is 2. The molecule has 0 saturated heterocycles. The molecular formula is C29H35N5O2. The molecular weight excluding hydrogens is 450 g/mol. The maximum atomic E-state index is 14.1. The van der Waals surface area contributed by atoms with Gasteiger partial charge in [0.15, 0.2) is 0 Å². The number of aromatic nitrogens is 3. The predicted octanol–water partition coefficient (Wildman–Crippen LogP) is 5.31. The van der Waals surface area contributed by atoms with E-state index in [1.807, 2.05) is 30.3 Å². The summed E-state index contributed by atoms with van der Waals surface area (Å²) >= 11 is 0. The summed E-state index contributed by atoms with van der Waals surface area (Å²) in [7, 11) is 0. The van der Waals surface area contributed by atoms with Gasteiger partial charge in [0, 0.05) is 42.1 Å². The molecule has 0 radical (unpaired) electrons. The topological polar surface area (TPSA) is 88.1 Å². The largest absolute Gasteiger partial charge is 0.351 e. The van der Waals surface area contributed by atoms with Gasteiger partial charge in [0.1, 0.15) is 11.7 Å². The molecule has 1 aliphatic rings. The lowest BCUT2D eigenvalue weighted by atomic mass is 9.87. The second kappa shape index (κ2) is 11.0. The Balaban J connectivity index is 1.81. The van der Waals surface area contributed by atoms with E-state index in [-0.39, 0.29) is 29.0 Å². The first-order valence-corrected chi connectivity index (χ1v) is 12.7. The third kappa shape index (κ3) is 5.78. The van der Waals surface area contributed by atoms with Crippen LogP contribution in [0.5, 0.6) is 0 Å². The smallest absolute Gasteiger partial charge is 0.279 e. The lowest BCUT2D eigenvalue weighted by Gasteiger charge is -2.33. The summed E-state index contributed by atoms with van der Waals surface area (Å²) in [5.41, 5.74) is 3.08. The van der Waals surface area contributed by atoms with Crippen molar-refractivity contribution >= 4 is 17.5 Å². The van der Waals surface area contributed by atoms with Crippen LogP contribution in [0.3, 0.4) is 0 Å². The molecule has 188 valence electrons. The van der Waals surface area contributed by atoms with Gasteiger partial charge in [-0.25, -0.2) is 4.98 Å². The molecule has 3 aromatic rings. The van der Waals surface area contributed by atoms with Gasteiger partial charge < -0.3 is 5.32 Å². The van der Waals surface area contributed by atoms with Gasteiger partial charge in [-0.05, 0) is 48.9 Å². The summed E-state index contributed by atoms with van der Waals surface area (Å²) in [6.45, 7) is 8.18. The second-order valence-corrected chi connectivity index (χ2v) is 10.5. The lowest BCUT2D eigenvalue weighted by Crippen LogP contribution is -2.47. The van der Waals surface area contributed by atoms with Crippen molar-refractivity contribution in [2.45, 2.75) is 77.3 Å². The van der Waals surface area contributed by atoms with Crippen LogP contribution >= 0.6 is 0 Å². The van der Waals surface area contributed by atoms with Crippen LogP contribution in [0.1, 0.15) is 86.2 Å². The monoisotopic (exact) mass is 485 g/mol. The molecule has 2 amide bonds. The average molecular weight is 486 g/mol. The highest BCUT2D eigenvalue weighted by Gasteiger charge is 2.36. The Bertz CT molecular complexity index is 1180. The van der Waals surface area contributed by atoms with Gasteiger partial charge in [0.25, 0.3) is 5.91 Å². The number of carbonyl (C=O) groups excluding carboxylic acids is 2. The molecule has 4 rings (SSSR count). The minimum Gasteiger partial charge on any atom is -0.351 e. The number of hydrogen-bond acceptors (Lipinski definition) is 5. The number of hydrogen-bond donors (Lipinski definition) is 1. The van der Waals surface area contributed by atoms with E-state index >= 15 is 0 Å². The predicted molar refractivity (Wildman–Crippen MR) is 141 cm³/mol. The van der Waals surface area contributed by atoms with E-state index in [0.717, 1.165) is 31.2 Å². The second-order valence-electron chi connectivity index (χ2n) is 10.5. The van der Waals surface area contributed by atoms with Crippen molar-refractivity contribution in [3.8, 4) is 0 Å². The summed E-state index contributed by atoms with van der Waals surface area (Å²) in [6.07, 6.45) is 11.7. The van der Waals surface area contributed by atoms with Crippen molar-refractivity contribution in [2.24, 2.45) is 0 Å². The fourth-order valence-corrected chi connectivity index (χ4v) is 4.72. The zero-order chi connectivity index (χ0) is 25.7. The van der Waals surface area contributed by atoms with Gasteiger partial charge in [0.2, 0.25) is 5.91 Å². The van der Waals surface area contributed by atoms with Crippen LogP contribution in [0, 0.1) is 6.92 Å². The molecule has 1 N–H and O–H groups in total. The standard InChI is InChI=1S/C29H35N5O2/c1-20-25(32-18-17-31-20)28(36)34(24-14-12-22(13-15-24)29(2,3)4)26(21-9-8-16-30-19-21)27(35)33-23-10-6-5-7-11-23/h8-9,12-19,23,26H,5-7,10-11H2,1-4H3,(H,33,35). The highest BCUT2D eigenvalue weighted by molar-refractivity contribution is 6.09. The van der Waals surface area contributed by atoms with E-state index < -0.39 is 6.04 Å². The minimum absolute atomic E-state index is 0.0457. The summed E-state index contributed by atoms with van der Waals surface area (Å²) < 4.78 is 0. The number of anilines is 1. The van der Waals surface area contributed by atoms with Gasteiger partial charge in [0.05, 0.1) is 5.69 Å². The summed E-state index contributed by atoms with van der Waals surface area (Å²) in [4.78, 5) is 42.4. The van der Waals surface area contributed by atoms with Crippen molar-refractivity contribution in [3.63, 3.8) is 0 Å². The molecule has 1 aromatic carbocycles. The molecule has 2 heterocycles. The van der Waals surface area contributed by atoms with Crippen LogP contribution in [0.4, 0.5) is 5.69 Å². The Morgan fingerprint density at radius 1 is 0.972 bits per heavy atom. The maximum Gasteiger partial charge on any atom is 0.279 e. The van der Waals surface area contributed by atoms with Crippen molar-refractivity contribution in [2.75, 3.05) is 4.90 Å². The van der Waals surface area contributed by atoms with Gasteiger partial charge in [-0.1, -0.05) is 58.2 Å². The molecule has 1 saturated carbocycles. The minimum atomic E-state index is -0.907. The fourth-order valence-electron chi connectivity index (χ4n) is 4.72. The van der Waals surface area contributed by atoms with Gasteiger partial charge in [-0.2, -0.15) is 0 Å². The number of benzene rings is 1. The number of nitrogens with zero attached hydrogens (tertiary/aromatic N) is 4. The molecule has 0 bridgehead atoms.